The van der Waals surface area contributed by atoms with Crippen LogP contribution in [0.25, 0.3) is 5.57 Å². The second-order valence-corrected chi connectivity index (χ2v) is 4.32. The van der Waals surface area contributed by atoms with Crippen LogP contribution in [0.4, 0.5) is 0 Å². The van der Waals surface area contributed by atoms with Crippen LogP contribution >= 0.6 is 0 Å². The van der Waals surface area contributed by atoms with E-state index in [1.165, 1.54) is 16.7 Å². The number of nitrogens with zero attached hydrogens (tertiary/aromatic N) is 1. The monoisotopic (exact) mass is 215 g/mol. The van der Waals surface area contributed by atoms with E-state index < -0.39 is 0 Å². The number of allylic oxidation sites excluding steroid dienone is 3. The molecular formula is C15H21N. The molecule has 0 aliphatic rings. The van der Waals surface area contributed by atoms with Gasteiger partial charge >= 0.3 is 0 Å². The number of hydrogen-bond donors (Lipinski definition) is 0. The third-order valence-corrected chi connectivity index (χ3v) is 2.67. The molecule has 0 unspecified atom stereocenters. The van der Waals surface area contributed by atoms with Gasteiger partial charge in [0.15, 0.2) is 0 Å². The van der Waals surface area contributed by atoms with E-state index in [1.54, 1.807) is 0 Å². The maximum absolute atomic E-state index is 2.20. The van der Waals surface area contributed by atoms with Crippen LogP contribution in [0.5, 0.6) is 0 Å². The smallest absolute Gasteiger partial charge is 0.00555 e. The Morgan fingerprint density at radius 3 is 2.31 bits per heavy atom. The van der Waals surface area contributed by atoms with Crippen molar-refractivity contribution in [3.05, 3.63) is 53.7 Å². The minimum atomic E-state index is 1.01. The van der Waals surface area contributed by atoms with Crippen LogP contribution in [-0.4, -0.2) is 19.0 Å². The molecule has 0 spiro atoms. The Bertz CT molecular complexity index is 372. The van der Waals surface area contributed by atoms with Gasteiger partial charge in [0.25, 0.3) is 0 Å². The lowest BCUT2D eigenvalue weighted by molar-refractivity contribution is 0.562. The minimum absolute atomic E-state index is 1.01. The van der Waals surface area contributed by atoms with Crippen LogP contribution in [-0.2, 0) is 0 Å². The molecular weight excluding hydrogens is 194 g/mol. The van der Waals surface area contributed by atoms with Gasteiger partial charge in [-0.2, -0.15) is 0 Å². The lowest BCUT2D eigenvalue weighted by Crippen LogP contribution is -1.99. The normalized spacial score (nSPS) is 12.8. The van der Waals surface area contributed by atoms with Crippen molar-refractivity contribution in [2.75, 3.05) is 14.1 Å². The van der Waals surface area contributed by atoms with Crippen molar-refractivity contribution in [2.24, 2.45) is 0 Å². The Kier molecular flexibility index (Phi) is 4.84. The number of rotatable bonds is 4. The van der Waals surface area contributed by atoms with E-state index >= 15 is 0 Å². The van der Waals surface area contributed by atoms with Gasteiger partial charge in [-0.1, -0.05) is 42.0 Å². The predicted octanol–water partition coefficient (Wildman–Crippen LogP) is 3.95. The van der Waals surface area contributed by atoms with Gasteiger partial charge in [0.05, 0.1) is 0 Å². The van der Waals surface area contributed by atoms with E-state index in [2.05, 4.69) is 61.4 Å². The summed E-state index contributed by atoms with van der Waals surface area (Å²) in [6.07, 6.45) is 5.31. The van der Waals surface area contributed by atoms with Crippen LogP contribution in [0, 0.1) is 0 Å². The van der Waals surface area contributed by atoms with Gasteiger partial charge < -0.3 is 4.90 Å². The number of hydrogen-bond acceptors (Lipinski definition) is 1. The molecule has 0 saturated heterocycles. The van der Waals surface area contributed by atoms with Crippen LogP contribution < -0.4 is 0 Å². The molecule has 0 heterocycles. The highest BCUT2D eigenvalue weighted by molar-refractivity contribution is 5.66. The Labute approximate surface area is 99.1 Å². The quantitative estimate of drug-likeness (QED) is 0.735. The molecule has 0 radical (unpaired) electrons. The van der Waals surface area contributed by atoms with Crippen LogP contribution in [0.2, 0.25) is 0 Å². The Balaban J connectivity index is 2.73. The minimum Gasteiger partial charge on any atom is -0.384 e. The first-order valence-electron chi connectivity index (χ1n) is 5.66. The van der Waals surface area contributed by atoms with Crippen molar-refractivity contribution in [3.8, 4) is 0 Å². The molecule has 0 fully saturated rings. The maximum Gasteiger partial charge on any atom is 0.00555 e. The SMILES string of the molecule is C/C(C/C=C\N(C)C)=C(/C)c1ccccc1. The van der Waals surface area contributed by atoms with Crippen molar-refractivity contribution in [1.29, 1.82) is 0 Å². The summed E-state index contributed by atoms with van der Waals surface area (Å²) in [7, 11) is 4.08. The summed E-state index contributed by atoms with van der Waals surface area (Å²) < 4.78 is 0. The summed E-state index contributed by atoms with van der Waals surface area (Å²) in [5, 5.41) is 0. The molecule has 16 heavy (non-hydrogen) atoms. The third-order valence-electron chi connectivity index (χ3n) is 2.67. The third kappa shape index (κ3) is 3.93. The first-order valence-corrected chi connectivity index (χ1v) is 5.66. The zero-order valence-electron chi connectivity index (χ0n) is 10.7. The van der Waals surface area contributed by atoms with Gasteiger partial charge in [0.2, 0.25) is 0 Å². The predicted molar refractivity (Wildman–Crippen MR) is 72.2 cm³/mol. The fraction of sp³-hybridized carbons (Fsp3) is 0.333. The molecule has 1 heteroatoms. The molecule has 0 amide bonds. The summed E-state index contributed by atoms with van der Waals surface area (Å²) in [6.45, 7) is 4.39. The molecule has 0 saturated carbocycles. The molecule has 0 bridgehead atoms. The van der Waals surface area contributed by atoms with Gasteiger partial charge in [0.1, 0.15) is 0 Å². The summed E-state index contributed by atoms with van der Waals surface area (Å²) in [4.78, 5) is 2.06. The van der Waals surface area contributed by atoms with Gasteiger partial charge in [-0.05, 0) is 37.6 Å². The molecule has 1 aromatic rings. The molecule has 86 valence electrons. The lowest BCUT2D eigenvalue weighted by Gasteiger charge is -2.07. The van der Waals surface area contributed by atoms with E-state index in [-0.39, 0.29) is 0 Å². The molecule has 0 atom stereocenters. The average Bonchev–Trinajstić information content (AvgIpc) is 2.28. The fourth-order valence-corrected chi connectivity index (χ4v) is 1.53. The van der Waals surface area contributed by atoms with Crippen LogP contribution in [0.3, 0.4) is 0 Å². The van der Waals surface area contributed by atoms with Crippen LogP contribution in [0.15, 0.2) is 48.2 Å². The summed E-state index contributed by atoms with van der Waals surface area (Å²) in [5.41, 5.74) is 4.12. The summed E-state index contributed by atoms with van der Waals surface area (Å²) in [5.74, 6) is 0. The standard InChI is InChI=1S/C15H21N/c1-13(9-8-12-16(3)4)14(2)15-10-6-5-7-11-15/h5-8,10-12H,9H2,1-4H3/b12-8-,14-13+. The first-order chi connectivity index (χ1) is 7.61. The Morgan fingerprint density at radius 1 is 1.12 bits per heavy atom. The molecule has 0 aliphatic carbocycles. The second kappa shape index (κ2) is 6.16. The van der Waals surface area contributed by atoms with Crippen molar-refractivity contribution in [3.63, 3.8) is 0 Å². The van der Waals surface area contributed by atoms with E-state index in [4.69, 9.17) is 0 Å². The highest BCUT2D eigenvalue weighted by atomic mass is 15.0. The molecule has 0 aromatic heterocycles. The van der Waals surface area contributed by atoms with Gasteiger partial charge in [-0.15, -0.1) is 0 Å². The Morgan fingerprint density at radius 2 is 1.75 bits per heavy atom. The molecule has 0 N–H and O–H groups in total. The molecule has 1 rings (SSSR count). The zero-order chi connectivity index (χ0) is 12.0. The van der Waals surface area contributed by atoms with Crippen molar-refractivity contribution < 1.29 is 0 Å². The first kappa shape index (κ1) is 12.6. The number of benzene rings is 1. The highest BCUT2D eigenvalue weighted by Gasteiger charge is 1.98. The zero-order valence-corrected chi connectivity index (χ0v) is 10.7. The topological polar surface area (TPSA) is 3.24 Å². The van der Waals surface area contributed by atoms with Crippen molar-refractivity contribution in [2.45, 2.75) is 20.3 Å². The van der Waals surface area contributed by atoms with E-state index in [1.807, 2.05) is 14.1 Å². The van der Waals surface area contributed by atoms with Crippen LogP contribution in [0.1, 0.15) is 25.8 Å². The van der Waals surface area contributed by atoms with E-state index in [9.17, 15) is 0 Å². The van der Waals surface area contributed by atoms with E-state index in [0.29, 0.717) is 0 Å². The second-order valence-electron chi connectivity index (χ2n) is 4.32. The summed E-state index contributed by atoms with van der Waals surface area (Å²) >= 11 is 0. The van der Waals surface area contributed by atoms with E-state index in [0.717, 1.165) is 6.42 Å². The molecule has 1 nitrogen and oxygen atoms in total. The van der Waals surface area contributed by atoms with Gasteiger partial charge in [-0.25, -0.2) is 0 Å². The largest absolute Gasteiger partial charge is 0.384 e. The summed E-state index contributed by atoms with van der Waals surface area (Å²) in [6, 6.07) is 10.5. The van der Waals surface area contributed by atoms with Gasteiger partial charge in [-0.3, -0.25) is 0 Å². The fourth-order valence-electron chi connectivity index (χ4n) is 1.53. The average molecular weight is 215 g/mol. The van der Waals surface area contributed by atoms with Crippen molar-refractivity contribution >= 4 is 5.57 Å². The maximum atomic E-state index is 2.20. The Hall–Kier alpha value is -1.50. The highest BCUT2D eigenvalue weighted by Crippen LogP contribution is 2.19. The van der Waals surface area contributed by atoms with Crippen molar-refractivity contribution in [1.82, 2.24) is 4.90 Å². The molecule has 1 aromatic carbocycles. The lowest BCUT2D eigenvalue weighted by atomic mass is 10.0. The molecule has 0 aliphatic heterocycles. The van der Waals surface area contributed by atoms with Gasteiger partial charge in [0, 0.05) is 14.1 Å².